The van der Waals surface area contributed by atoms with Gasteiger partial charge in [-0.15, -0.1) is 0 Å². The zero-order chi connectivity index (χ0) is 45.7. The number of ether oxygens (including phenoxy) is 7. The Kier molecular flexibility index (Phi) is 12.4. The fraction of sp³-hybridized carbons (Fsp3) is 0.568. The van der Waals surface area contributed by atoms with Crippen LogP contribution in [-0.2, 0) is 47.5 Å². The standard InChI is InChI=1S/C44H54N2O16/c1-22-26(58-37(52)31(49)30(25-17-13-14-18-45-25)46-38(53)62-40(3,4)5)20-44(55)35(60-36(51)24-15-11-10-12-16-24)33-42(8,27(48)19-28-43(33,21-57-28)61-23(2)47)34(50)32(59-39(54)56-9)29(22)41(44,6)7/h10-18,26-28,30-33,35,48-49,55H,19-21H2,1-9H3,(H,46,53)/t26-,27-,28+,30-,31+,32+,33?,35-,42+,43-,44+/m0/s1. The number of alkyl carbamates (subject to hydrolysis) is 1. The molecule has 4 N–H and O–H groups in total. The fourth-order valence-corrected chi connectivity index (χ4v) is 9.65. The van der Waals surface area contributed by atoms with Gasteiger partial charge in [-0.2, -0.15) is 0 Å². The number of aliphatic hydroxyl groups is 3. The molecule has 18 nitrogen and oxygen atoms in total. The van der Waals surface area contributed by atoms with Gasteiger partial charge in [0.25, 0.3) is 0 Å². The van der Waals surface area contributed by atoms with Crippen molar-refractivity contribution in [2.24, 2.45) is 16.7 Å². The second kappa shape index (κ2) is 16.7. The number of esters is 3. The maximum atomic E-state index is 15.5. The number of benzene rings is 1. The molecule has 336 valence electrons. The third-order valence-corrected chi connectivity index (χ3v) is 12.8. The van der Waals surface area contributed by atoms with Gasteiger partial charge in [0.2, 0.25) is 0 Å². The molecule has 0 radical (unpaired) electrons. The molecule has 4 aliphatic rings. The number of methoxy groups -OCH3 is 1. The summed E-state index contributed by atoms with van der Waals surface area (Å²) in [4.78, 5) is 87.3. The van der Waals surface area contributed by atoms with Crippen molar-refractivity contribution in [3.8, 4) is 0 Å². The Hall–Kier alpha value is -5.43. The number of nitrogens with one attached hydrogen (secondary N) is 1. The molecule has 2 saturated carbocycles. The summed E-state index contributed by atoms with van der Waals surface area (Å²) in [6.07, 6.45) is -12.0. The van der Waals surface area contributed by atoms with Crippen LogP contribution in [0.4, 0.5) is 9.59 Å². The number of aromatic nitrogens is 1. The minimum atomic E-state index is -2.45. The molecule has 1 aliphatic heterocycles. The lowest BCUT2D eigenvalue weighted by molar-refractivity contribution is -0.346. The molecule has 2 bridgehead atoms. The van der Waals surface area contributed by atoms with Crippen LogP contribution in [0.25, 0.3) is 0 Å². The Morgan fingerprint density at radius 1 is 0.984 bits per heavy atom. The van der Waals surface area contributed by atoms with Gasteiger partial charge in [0.15, 0.2) is 23.6 Å². The fourth-order valence-electron chi connectivity index (χ4n) is 9.65. The molecule has 1 amide bonds. The summed E-state index contributed by atoms with van der Waals surface area (Å²) in [6.45, 7) is 11.5. The highest BCUT2D eigenvalue weighted by atomic mass is 16.7. The summed E-state index contributed by atoms with van der Waals surface area (Å²) in [5, 5.41) is 39.8. The summed E-state index contributed by atoms with van der Waals surface area (Å²) in [5.41, 5.74) is -8.98. The zero-order valence-electron chi connectivity index (χ0n) is 36.0. The largest absolute Gasteiger partial charge is 0.509 e. The summed E-state index contributed by atoms with van der Waals surface area (Å²) in [6, 6.07) is 10.8. The molecule has 3 aliphatic carbocycles. The van der Waals surface area contributed by atoms with E-state index in [2.05, 4.69) is 10.3 Å². The Morgan fingerprint density at radius 3 is 2.21 bits per heavy atom. The van der Waals surface area contributed by atoms with Crippen molar-refractivity contribution in [2.75, 3.05) is 13.7 Å². The minimum absolute atomic E-state index is 0.0436. The van der Waals surface area contributed by atoms with Crippen LogP contribution in [0.1, 0.15) is 90.3 Å². The number of aliphatic hydroxyl groups excluding tert-OH is 2. The second-order valence-electron chi connectivity index (χ2n) is 18.0. The first-order valence-corrected chi connectivity index (χ1v) is 20.2. The van der Waals surface area contributed by atoms with E-state index >= 15 is 4.79 Å². The molecule has 62 heavy (non-hydrogen) atoms. The Balaban J connectivity index is 1.55. The van der Waals surface area contributed by atoms with Gasteiger partial charge in [-0.1, -0.05) is 38.1 Å². The Bertz CT molecular complexity index is 2120. The van der Waals surface area contributed by atoms with E-state index in [1.807, 2.05) is 0 Å². The minimum Gasteiger partial charge on any atom is -0.456 e. The van der Waals surface area contributed by atoms with Crippen LogP contribution < -0.4 is 5.32 Å². The van der Waals surface area contributed by atoms with E-state index in [1.165, 1.54) is 52.1 Å². The van der Waals surface area contributed by atoms with Crippen molar-refractivity contribution < 1.29 is 77.2 Å². The summed E-state index contributed by atoms with van der Waals surface area (Å²) in [5.74, 6) is -5.64. The number of carbonyl (C=O) groups is 6. The molecule has 2 aromatic rings. The molecular formula is C44H54N2O16. The molecule has 3 fully saturated rings. The van der Waals surface area contributed by atoms with Crippen LogP contribution in [0.5, 0.6) is 0 Å². The van der Waals surface area contributed by atoms with E-state index in [4.69, 9.17) is 33.2 Å². The molecule has 6 rings (SSSR count). The molecule has 1 unspecified atom stereocenters. The van der Waals surface area contributed by atoms with Crippen LogP contribution in [0.15, 0.2) is 65.9 Å². The molecule has 1 saturated heterocycles. The van der Waals surface area contributed by atoms with Crippen molar-refractivity contribution in [3.63, 3.8) is 0 Å². The van der Waals surface area contributed by atoms with Gasteiger partial charge in [0, 0.05) is 31.4 Å². The molecule has 0 spiro atoms. The van der Waals surface area contributed by atoms with Crippen molar-refractivity contribution in [2.45, 2.75) is 128 Å². The van der Waals surface area contributed by atoms with Gasteiger partial charge in [-0.3, -0.25) is 14.6 Å². The summed E-state index contributed by atoms with van der Waals surface area (Å²) >= 11 is 0. The highest BCUT2D eigenvalue weighted by Gasteiger charge is 2.78. The second-order valence-corrected chi connectivity index (χ2v) is 18.0. The molecule has 18 heteroatoms. The van der Waals surface area contributed by atoms with Crippen LogP contribution in [-0.4, -0.2) is 123 Å². The summed E-state index contributed by atoms with van der Waals surface area (Å²) in [7, 11) is 1.01. The molecule has 2 heterocycles. The van der Waals surface area contributed by atoms with Crippen molar-refractivity contribution in [3.05, 3.63) is 77.1 Å². The smallest absolute Gasteiger partial charge is 0.456 e. The van der Waals surface area contributed by atoms with E-state index in [-0.39, 0.29) is 35.4 Å². The Morgan fingerprint density at radius 2 is 1.65 bits per heavy atom. The number of hydrogen-bond donors (Lipinski definition) is 4. The van der Waals surface area contributed by atoms with Gasteiger partial charge in [-0.05, 0) is 70.0 Å². The van der Waals surface area contributed by atoms with Crippen molar-refractivity contribution in [1.29, 1.82) is 0 Å². The molecule has 1 aromatic heterocycles. The number of pyridine rings is 1. The van der Waals surface area contributed by atoms with Crippen LogP contribution >= 0.6 is 0 Å². The molecule has 1 aromatic carbocycles. The lowest BCUT2D eigenvalue weighted by atomic mass is 9.44. The topological polar surface area (TPSA) is 253 Å². The predicted octanol–water partition coefficient (Wildman–Crippen LogP) is 3.45. The van der Waals surface area contributed by atoms with E-state index in [1.54, 1.807) is 51.1 Å². The number of hydrogen-bond acceptors (Lipinski definition) is 17. The summed E-state index contributed by atoms with van der Waals surface area (Å²) < 4.78 is 40.3. The van der Waals surface area contributed by atoms with E-state index in [0.717, 1.165) is 14.0 Å². The number of carbonyl (C=O) groups excluding carboxylic acids is 6. The van der Waals surface area contributed by atoms with E-state index < -0.39 is 119 Å². The SMILES string of the molecule is COC(=O)O[C@H]1C(=O)[C@@]2(C)C([C@H](OC(=O)c3ccccc3)[C@]3(O)C[C@H](OC(=O)[C@H](O)[C@@H](NC(=O)OC(C)(C)C)c4ccccn4)C(C)=C1C3(C)C)[C@]1(OC(C)=O)CO[C@@H]1C[C@@H]2O. The number of ketones is 1. The highest BCUT2D eigenvalue weighted by molar-refractivity contribution is 5.95. The lowest BCUT2D eigenvalue weighted by Crippen LogP contribution is -2.82. The number of rotatable bonds is 9. The molecular weight excluding hydrogens is 812 g/mol. The van der Waals surface area contributed by atoms with Gasteiger partial charge in [0.1, 0.15) is 35.6 Å². The number of nitrogens with zero attached hydrogens (tertiary/aromatic N) is 1. The van der Waals surface area contributed by atoms with Crippen molar-refractivity contribution >= 4 is 35.9 Å². The van der Waals surface area contributed by atoms with Gasteiger partial charge in [-0.25, -0.2) is 19.2 Å². The van der Waals surface area contributed by atoms with Crippen LogP contribution in [0.3, 0.4) is 0 Å². The van der Waals surface area contributed by atoms with E-state index in [0.29, 0.717) is 0 Å². The first kappa shape index (κ1) is 46.1. The number of Topliss-reactive ketones (excluding diaryl/α,β-unsaturated/α-hetero) is 1. The van der Waals surface area contributed by atoms with Crippen LogP contribution in [0.2, 0.25) is 0 Å². The average molecular weight is 867 g/mol. The van der Waals surface area contributed by atoms with Crippen molar-refractivity contribution in [1.82, 2.24) is 10.3 Å². The monoisotopic (exact) mass is 866 g/mol. The van der Waals surface area contributed by atoms with Gasteiger partial charge in [0.05, 0.1) is 42.4 Å². The third kappa shape index (κ3) is 7.93. The number of amides is 1. The van der Waals surface area contributed by atoms with Crippen LogP contribution in [0, 0.1) is 16.7 Å². The maximum Gasteiger partial charge on any atom is 0.509 e. The third-order valence-electron chi connectivity index (χ3n) is 12.8. The first-order chi connectivity index (χ1) is 28.9. The maximum absolute atomic E-state index is 15.5. The average Bonchev–Trinajstić information content (AvgIpc) is 3.20. The molecule has 11 atom stereocenters. The Labute approximate surface area is 358 Å². The van der Waals surface area contributed by atoms with Gasteiger partial charge < -0.3 is 53.8 Å². The van der Waals surface area contributed by atoms with E-state index in [9.17, 15) is 39.3 Å². The number of fused-ring (bicyclic) bond motifs is 5. The lowest BCUT2D eigenvalue weighted by Gasteiger charge is -2.67. The zero-order valence-corrected chi connectivity index (χ0v) is 36.0. The first-order valence-electron chi connectivity index (χ1n) is 20.2. The van der Waals surface area contributed by atoms with Gasteiger partial charge >= 0.3 is 30.2 Å². The highest BCUT2D eigenvalue weighted by Crippen LogP contribution is 2.64. The quantitative estimate of drug-likeness (QED) is 0.160. The predicted molar refractivity (Wildman–Crippen MR) is 213 cm³/mol. The normalized spacial score (nSPS) is 32.1.